The van der Waals surface area contributed by atoms with Gasteiger partial charge < -0.3 is 19.7 Å². The van der Waals surface area contributed by atoms with Gasteiger partial charge in [0, 0.05) is 0 Å². The van der Waals surface area contributed by atoms with E-state index in [1.807, 2.05) is 6.07 Å². The van der Waals surface area contributed by atoms with Crippen molar-refractivity contribution in [2.45, 2.75) is 13.3 Å². The molecule has 102 valence electrons. The van der Waals surface area contributed by atoms with Crippen LogP contribution in [0.1, 0.15) is 12.5 Å². The molecule has 0 spiro atoms. The molecule has 2 aromatic rings. The molecule has 0 radical (unpaired) electrons. The number of nitrogens with zero attached hydrogens (tertiary/aromatic N) is 1. The number of nitrogens with two attached hydrogens (primary N) is 1. The van der Waals surface area contributed by atoms with Gasteiger partial charge in [-0.15, -0.1) is 0 Å². The van der Waals surface area contributed by atoms with Gasteiger partial charge in [0.2, 0.25) is 5.88 Å². The number of anilines is 1. The third kappa shape index (κ3) is 2.28. The maximum Gasteiger partial charge on any atom is 0.229 e. The summed E-state index contributed by atoms with van der Waals surface area (Å²) in [6.07, 6.45) is 2.41. The number of aromatic nitrogens is 1. The SMILES string of the molecule is CCc1c(-c2cnoc2N)cc(OC)c(OC)c1Br. The largest absolute Gasteiger partial charge is 0.493 e. The van der Waals surface area contributed by atoms with Crippen LogP contribution in [0.2, 0.25) is 0 Å². The minimum atomic E-state index is 0.286. The Kier molecular flexibility index (Phi) is 3.99. The fraction of sp³-hybridized carbons (Fsp3) is 0.308. The molecule has 0 bridgehead atoms. The number of ether oxygens (including phenoxy) is 2. The van der Waals surface area contributed by atoms with Crippen LogP contribution < -0.4 is 15.2 Å². The van der Waals surface area contributed by atoms with Gasteiger partial charge in [-0.05, 0) is 39.5 Å². The lowest BCUT2D eigenvalue weighted by Crippen LogP contribution is -1.98. The number of halogens is 1. The lowest BCUT2D eigenvalue weighted by Gasteiger charge is -2.16. The maximum atomic E-state index is 5.79. The number of hydrogen-bond donors (Lipinski definition) is 1. The zero-order chi connectivity index (χ0) is 14.0. The minimum Gasteiger partial charge on any atom is -0.493 e. The van der Waals surface area contributed by atoms with Crippen molar-refractivity contribution in [3.63, 3.8) is 0 Å². The Morgan fingerprint density at radius 2 is 2.05 bits per heavy atom. The first-order valence-electron chi connectivity index (χ1n) is 5.77. The molecule has 0 unspecified atom stereocenters. The van der Waals surface area contributed by atoms with Gasteiger partial charge in [-0.25, -0.2) is 0 Å². The number of hydrogen-bond acceptors (Lipinski definition) is 5. The molecule has 0 atom stereocenters. The van der Waals surface area contributed by atoms with Crippen molar-refractivity contribution in [1.82, 2.24) is 5.16 Å². The van der Waals surface area contributed by atoms with Crippen molar-refractivity contribution in [3.05, 3.63) is 22.3 Å². The molecule has 2 rings (SSSR count). The molecule has 5 nitrogen and oxygen atoms in total. The van der Waals surface area contributed by atoms with Gasteiger partial charge in [0.1, 0.15) is 0 Å². The van der Waals surface area contributed by atoms with Crippen LogP contribution in [0.4, 0.5) is 5.88 Å². The second-order valence-corrected chi connectivity index (χ2v) is 4.70. The van der Waals surface area contributed by atoms with E-state index in [2.05, 4.69) is 28.0 Å². The van der Waals surface area contributed by atoms with Crippen LogP contribution in [0.5, 0.6) is 11.5 Å². The Labute approximate surface area is 119 Å². The number of nitrogen functional groups attached to an aromatic ring is 1. The van der Waals surface area contributed by atoms with Gasteiger partial charge in [-0.1, -0.05) is 12.1 Å². The topological polar surface area (TPSA) is 70.5 Å². The quantitative estimate of drug-likeness (QED) is 0.933. The summed E-state index contributed by atoms with van der Waals surface area (Å²) >= 11 is 3.56. The summed E-state index contributed by atoms with van der Waals surface area (Å²) in [5.41, 5.74) is 8.52. The molecule has 0 aliphatic rings. The number of methoxy groups -OCH3 is 2. The lowest BCUT2D eigenvalue weighted by atomic mass is 9.99. The van der Waals surface area contributed by atoms with Crippen LogP contribution in [-0.2, 0) is 6.42 Å². The first-order valence-corrected chi connectivity index (χ1v) is 6.57. The molecule has 0 amide bonds. The van der Waals surface area contributed by atoms with E-state index in [0.29, 0.717) is 11.5 Å². The van der Waals surface area contributed by atoms with Crippen molar-refractivity contribution in [3.8, 4) is 22.6 Å². The van der Waals surface area contributed by atoms with Gasteiger partial charge in [0.15, 0.2) is 11.5 Å². The van der Waals surface area contributed by atoms with Crippen molar-refractivity contribution in [2.75, 3.05) is 20.0 Å². The fourth-order valence-electron chi connectivity index (χ4n) is 2.03. The van der Waals surface area contributed by atoms with E-state index in [9.17, 15) is 0 Å². The molecule has 19 heavy (non-hydrogen) atoms. The van der Waals surface area contributed by atoms with Crippen LogP contribution in [0.3, 0.4) is 0 Å². The molecule has 0 aliphatic carbocycles. The monoisotopic (exact) mass is 326 g/mol. The minimum absolute atomic E-state index is 0.286. The summed E-state index contributed by atoms with van der Waals surface area (Å²) in [7, 11) is 3.20. The van der Waals surface area contributed by atoms with Crippen molar-refractivity contribution < 1.29 is 14.0 Å². The summed E-state index contributed by atoms with van der Waals surface area (Å²) < 4.78 is 16.5. The van der Waals surface area contributed by atoms with Crippen LogP contribution in [0.15, 0.2) is 21.3 Å². The van der Waals surface area contributed by atoms with Crippen molar-refractivity contribution >= 4 is 21.8 Å². The summed E-state index contributed by atoms with van der Waals surface area (Å²) in [6, 6.07) is 1.88. The third-order valence-corrected chi connectivity index (χ3v) is 3.79. The van der Waals surface area contributed by atoms with Crippen LogP contribution >= 0.6 is 15.9 Å². The van der Waals surface area contributed by atoms with Crippen LogP contribution in [-0.4, -0.2) is 19.4 Å². The van der Waals surface area contributed by atoms with E-state index in [0.717, 1.165) is 27.6 Å². The third-order valence-electron chi connectivity index (χ3n) is 2.95. The normalized spacial score (nSPS) is 10.5. The Balaban J connectivity index is 2.74. The molecule has 1 heterocycles. The highest BCUT2D eigenvalue weighted by Gasteiger charge is 2.20. The van der Waals surface area contributed by atoms with Crippen molar-refractivity contribution in [2.24, 2.45) is 0 Å². The molecular weight excluding hydrogens is 312 g/mol. The highest BCUT2D eigenvalue weighted by molar-refractivity contribution is 9.10. The molecule has 1 aromatic carbocycles. The average molecular weight is 327 g/mol. The molecule has 1 aromatic heterocycles. The molecule has 0 aliphatic heterocycles. The first kappa shape index (κ1) is 13.7. The molecule has 0 fully saturated rings. The smallest absolute Gasteiger partial charge is 0.229 e. The zero-order valence-corrected chi connectivity index (χ0v) is 12.6. The van der Waals surface area contributed by atoms with E-state index < -0.39 is 0 Å². The zero-order valence-electron chi connectivity index (χ0n) is 11.0. The molecular formula is C13H15BrN2O3. The average Bonchev–Trinajstić information content (AvgIpc) is 2.83. The fourth-order valence-corrected chi connectivity index (χ4v) is 2.88. The van der Waals surface area contributed by atoms with Gasteiger partial charge in [0.25, 0.3) is 0 Å². The Hall–Kier alpha value is -1.69. The van der Waals surface area contributed by atoms with E-state index in [-0.39, 0.29) is 5.88 Å². The second kappa shape index (κ2) is 5.52. The molecule has 0 saturated carbocycles. The summed E-state index contributed by atoms with van der Waals surface area (Å²) in [4.78, 5) is 0. The number of benzene rings is 1. The molecule has 6 heteroatoms. The highest BCUT2D eigenvalue weighted by Crippen LogP contribution is 2.44. The molecule has 0 saturated heterocycles. The van der Waals surface area contributed by atoms with E-state index >= 15 is 0 Å². The first-order chi connectivity index (χ1) is 9.13. The van der Waals surface area contributed by atoms with Gasteiger partial charge >= 0.3 is 0 Å². The highest BCUT2D eigenvalue weighted by atomic mass is 79.9. The summed E-state index contributed by atoms with van der Waals surface area (Å²) in [6.45, 7) is 2.05. The predicted molar refractivity (Wildman–Crippen MR) is 76.5 cm³/mol. The van der Waals surface area contributed by atoms with E-state index in [4.69, 9.17) is 19.7 Å². The number of rotatable bonds is 4. The van der Waals surface area contributed by atoms with E-state index in [1.54, 1.807) is 20.4 Å². The van der Waals surface area contributed by atoms with Gasteiger partial charge in [-0.2, -0.15) is 0 Å². The Bertz CT molecular complexity index is 596. The summed E-state index contributed by atoms with van der Waals surface area (Å²) in [5.74, 6) is 1.58. The van der Waals surface area contributed by atoms with Gasteiger partial charge in [-0.3, -0.25) is 0 Å². The summed E-state index contributed by atoms with van der Waals surface area (Å²) in [5, 5.41) is 3.71. The maximum absolute atomic E-state index is 5.79. The van der Waals surface area contributed by atoms with Gasteiger partial charge in [0.05, 0.1) is 30.5 Å². The van der Waals surface area contributed by atoms with Crippen LogP contribution in [0.25, 0.3) is 11.1 Å². The van der Waals surface area contributed by atoms with Crippen LogP contribution in [0, 0.1) is 0 Å². The predicted octanol–water partition coefficient (Wildman–Crippen LogP) is 3.27. The lowest BCUT2D eigenvalue weighted by molar-refractivity contribution is 0.353. The Morgan fingerprint density at radius 3 is 2.53 bits per heavy atom. The second-order valence-electron chi connectivity index (χ2n) is 3.91. The standard InChI is InChI=1S/C13H15BrN2O3/c1-4-7-8(9-6-16-19-13(9)15)5-10(17-2)12(18-3)11(7)14/h5-6H,4,15H2,1-3H3. The van der Waals surface area contributed by atoms with Crippen molar-refractivity contribution in [1.29, 1.82) is 0 Å². The Morgan fingerprint density at radius 1 is 1.32 bits per heavy atom. The molecule has 2 N–H and O–H groups in total. The van der Waals surface area contributed by atoms with E-state index in [1.165, 1.54) is 0 Å².